The second kappa shape index (κ2) is 4.93. The lowest BCUT2D eigenvalue weighted by molar-refractivity contribution is 0.594. The van der Waals surface area contributed by atoms with E-state index in [1.807, 2.05) is 22.6 Å². The van der Waals surface area contributed by atoms with Gasteiger partial charge in [-0.3, -0.25) is 0 Å². The highest BCUT2D eigenvalue weighted by molar-refractivity contribution is 14.1. The van der Waals surface area contributed by atoms with Gasteiger partial charge in [0.1, 0.15) is 11.2 Å². The molecule has 0 amide bonds. The summed E-state index contributed by atoms with van der Waals surface area (Å²) < 4.78 is 27.7. The molecular formula is C9H11IN2O2S. The van der Waals surface area contributed by atoms with E-state index in [2.05, 4.69) is 4.40 Å². The van der Waals surface area contributed by atoms with Gasteiger partial charge < -0.3 is 4.90 Å². The van der Waals surface area contributed by atoms with Gasteiger partial charge >= 0.3 is 0 Å². The van der Waals surface area contributed by atoms with Crippen molar-refractivity contribution in [2.45, 2.75) is 4.90 Å². The van der Waals surface area contributed by atoms with Crippen molar-refractivity contribution in [1.29, 1.82) is 0 Å². The average Bonchev–Trinajstić information content (AvgIpc) is 2.15. The first-order valence-electron chi connectivity index (χ1n) is 4.15. The molecule has 0 N–H and O–H groups in total. The van der Waals surface area contributed by atoms with E-state index in [0.717, 1.165) is 0 Å². The number of rotatable bonds is 3. The predicted molar refractivity (Wildman–Crippen MR) is 68.5 cm³/mol. The monoisotopic (exact) mass is 338 g/mol. The van der Waals surface area contributed by atoms with Crippen LogP contribution < -0.4 is 0 Å². The molecular weight excluding hydrogens is 327 g/mol. The molecule has 0 radical (unpaired) electrons. The molecule has 6 heteroatoms. The van der Waals surface area contributed by atoms with Crippen molar-refractivity contribution in [3.05, 3.63) is 27.8 Å². The molecule has 0 aromatic heterocycles. The molecule has 82 valence electrons. The van der Waals surface area contributed by atoms with Crippen LogP contribution in [0.1, 0.15) is 0 Å². The summed E-state index contributed by atoms with van der Waals surface area (Å²) in [7, 11) is -0.131. The third-order valence-electron chi connectivity index (χ3n) is 1.53. The minimum Gasteiger partial charge on any atom is -0.368 e. The topological polar surface area (TPSA) is 49.7 Å². The number of hydrogen-bond donors (Lipinski definition) is 0. The molecule has 0 saturated carbocycles. The lowest BCUT2D eigenvalue weighted by atomic mass is 10.4. The van der Waals surface area contributed by atoms with E-state index in [9.17, 15) is 8.42 Å². The fourth-order valence-corrected chi connectivity index (χ4v) is 3.08. The lowest BCUT2D eigenvalue weighted by Gasteiger charge is -2.04. The van der Waals surface area contributed by atoms with E-state index >= 15 is 0 Å². The number of sulfonamides is 1. The molecule has 1 rings (SSSR count). The molecule has 0 unspecified atom stereocenters. The van der Waals surface area contributed by atoms with Crippen molar-refractivity contribution in [3.8, 4) is 0 Å². The highest BCUT2D eigenvalue weighted by Crippen LogP contribution is 2.18. The Morgan fingerprint density at radius 3 is 2.47 bits per heavy atom. The summed E-state index contributed by atoms with van der Waals surface area (Å²) in [6, 6.07) is 6.75. The minimum absolute atomic E-state index is 0.240. The summed E-state index contributed by atoms with van der Waals surface area (Å²) in [5.41, 5.74) is 0. The summed E-state index contributed by atoms with van der Waals surface area (Å²) in [6.07, 6.45) is 1.28. The first-order chi connectivity index (χ1) is 6.93. The summed E-state index contributed by atoms with van der Waals surface area (Å²) in [4.78, 5) is 1.82. The molecule has 0 heterocycles. The Kier molecular flexibility index (Phi) is 4.09. The Bertz CT molecular complexity index is 469. The zero-order chi connectivity index (χ0) is 11.5. The number of hydrogen-bond acceptors (Lipinski definition) is 2. The Hall–Kier alpha value is -0.630. The lowest BCUT2D eigenvalue weighted by Crippen LogP contribution is -2.10. The highest BCUT2D eigenvalue weighted by atomic mass is 127. The second-order valence-corrected chi connectivity index (χ2v) is 5.85. The van der Waals surface area contributed by atoms with Crippen LogP contribution in [0, 0.1) is 3.57 Å². The maximum Gasteiger partial charge on any atom is 0.284 e. The quantitative estimate of drug-likeness (QED) is 0.478. The first-order valence-corrected chi connectivity index (χ1v) is 6.67. The van der Waals surface area contributed by atoms with E-state index in [4.69, 9.17) is 0 Å². The van der Waals surface area contributed by atoms with Gasteiger partial charge in [-0.05, 0) is 34.7 Å². The van der Waals surface area contributed by atoms with E-state index < -0.39 is 10.0 Å². The number of halogens is 1. The van der Waals surface area contributed by atoms with E-state index in [1.54, 1.807) is 43.3 Å². The van der Waals surface area contributed by atoms with Crippen molar-refractivity contribution in [2.75, 3.05) is 14.1 Å². The van der Waals surface area contributed by atoms with Crippen LogP contribution in [0.25, 0.3) is 0 Å². The Morgan fingerprint density at radius 1 is 1.33 bits per heavy atom. The molecule has 0 saturated heterocycles. The van der Waals surface area contributed by atoms with Crippen LogP contribution in [0.15, 0.2) is 33.6 Å². The van der Waals surface area contributed by atoms with Crippen molar-refractivity contribution in [3.63, 3.8) is 0 Å². The molecule has 1 aromatic rings. The summed E-state index contributed by atoms with van der Waals surface area (Å²) in [6.45, 7) is 0. The molecule has 0 bridgehead atoms. The summed E-state index contributed by atoms with van der Waals surface area (Å²) >= 11 is 1.98. The molecule has 0 aliphatic carbocycles. The maximum absolute atomic E-state index is 11.7. The zero-order valence-electron chi connectivity index (χ0n) is 8.38. The van der Waals surface area contributed by atoms with Gasteiger partial charge in [0.05, 0.1) is 0 Å². The Labute approximate surface area is 103 Å². The largest absolute Gasteiger partial charge is 0.368 e. The van der Waals surface area contributed by atoms with Crippen LogP contribution in [0.3, 0.4) is 0 Å². The van der Waals surface area contributed by atoms with Crippen LogP contribution in [0.2, 0.25) is 0 Å². The molecule has 4 nitrogen and oxygen atoms in total. The van der Waals surface area contributed by atoms with Gasteiger partial charge in [0.2, 0.25) is 0 Å². The normalized spacial score (nSPS) is 11.9. The molecule has 15 heavy (non-hydrogen) atoms. The van der Waals surface area contributed by atoms with Crippen molar-refractivity contribution in [1.82, 2.24) is 4.90 Å². The van der Waals surface area contributed by atoms with Gasteiger partial charge in [0, 0.05) is 17.7 Å². The van der Waals surface area contributed by atoms with Crippen LogP contribution in [0.4, 0.5) is 0 Å². The van der Waals surface area contributed by atoms with Gasteiger partial charge in [-0.25, -0.2) is 0 Å². The van der Waals surface area contributed by atoms with Gasteiger partial charge in [-0.2, -0.15) is 8.42 Å². The van der Waals surface area contributed by atoms with Gasteiger partial charge in [0.25, 0.3) is 10.0 Å². The van der Waals surface area contributed by atoms with Crippen molar-refractivity contribution in [2.24, 2.45) is 4.40 Å². The van der Waals surface area contributed by atoms with Crippen molar-refractivity contribution >= 4 is 39.0 Å². The predicted octanol–water partition coefficient (Wildman–Crippen LogP) is 1.57. The third-order valence-corrected chi connectivity index (χ3v) is 4.12. The Balaban J connectivity index is 3.13. The summed E-state index contributed by atoms with van der Waals surface area (Å²) in [5.74, 6) is 0. The SMILES string of the molecule is CN(C)C=NS(=O)(=O)c1ccccc1I. The van der Waals surface area contributed by atoms with E-state index in [0.29, 0.717) is 3.57 Å². The van der Waals surface area contributed by atoms with Crippen LogP contribution >= 0.6 is 22.6 Å². The summed E-state index contributed by atoms with van der Waals surface area (Å²) in [5, 5.41) is 0. The van der Waals surface area contributed by atoms with Crippen LogP contribution in [0.5, 0.6) is 0 Å². The van der Waals surface area contributed by atoms with Gasteiger partial charge in [-0.1, -0.05) is 12.1 Å². The average molecular weight is 338 g/mol. The fourth-order valence-electron chi connectivity index (χ4n) is 0.867. The second-order valence-electron chi connectivity index (χ2n) is 3.09. The van der Waals surface area contributed by atoms with Crippen LogP contribution in [-0.4, -0.2) is 33.8 Å². The standard InChI is InChI=1S/C9H11IN2O2S/c1-12(2)7-11-15(13,14)9-6-4-3-5-8(9)10/h3-7H,1-2H3. The maximum atomic E-state index is 11.7. The van der Waals surface area contributed by atoms with Crippen LogP contribution in [-0.2, 0) is 10.0 Å². The van der Waals surface area contributed by atoms with E-state index in [-0.39, 0.29) is 4.90 Å². The molecule has 0 spiro atoms. The molecule has 0 atom stereocenters. The number of benzene rings is 1. The smallest absolute Gasteiger partial charge is 0.284 e. The highest BCUT2D eigenvalue weighted by Gasteiger charge is 2.14. The molecule has 0 aliphatic rings. The van der Waals surface area contributed by atoms with Crippen molar-refractivity contribution < 1.29 is 8.42 Å². The zero-order valence-corrected chi connectivity index (χ0v) is 11.4. The fraction of sp³-hybridized carbons (Fsp3) is 0.222. The van der Waals surface area contributed by atoms with Gasteiger partial charge in [-0.15, -0.1) is 4.40 Å². The minimum atomic E-state index is -3.57. The molecule has 0 aliphatic heterocycles. The number of nitrogens with zero attached hydrogens (tertiary/aromatic N) is 2. The van der Waals surface area contributed by atoms with Gasteiger partial charge in [0.15, 0.2) is 0 Å². The molecule has 1 aromatic carbocycles. The Morgan fingerprint density at radius 2 is 1.93 bits per heavy atom. The third kappa shape index (κ3) is 3.45. The van der Waals surface area contributed by atoms with E-state index in [1.165, 1.54) is 6.34 Å². The first kappa shape index (κ1) is 12.4. The molecule has 0 fully saturated rings.